The second kappa shape index (κ2) is 8.93. The Morgan fingerprint density at radius 3 is 2.51 bits per heavy atom. The fourth-order valence-corrected chi connectivity index (χ4v) is 9.64. The van der Waals surface area contributed by atoms with Crippen molar-refractivity contribution in [3.8, 4) is 6.07 Å². The highest BCUT2D eigenvalue weighted by atomic mass is 32.2. The minimum Gasteiger partial charge on any atom is -0.337 e. The first-order valence-electron chi connectivity index (χ1n) is 12.6. The van der Waals surface area contributed by atoms with Crippen LogP contribution in [0.5, 0.6) is 0 Å². The third kappa shape index (κ3) is 4.69. The van der Waals surface area contributed by atoms with Crippen LogP contribution in [0.1, 0.15) is 73.3 Å². The molecule has 3 heterocycles. The minimum absolute atomic E-state index is 0.00471. The Morgan fingerprint density at radius 1 is 1.16 bits per heavy atom. The zero-order chi connectivity index (χ0) is 26.8. The van der Waals surface area contributed by atoms with Gasteiger partial charge in [-0.1, -0.05) is 20.8 Å². The highest BCUT2D eigenvalue weighted by Crippen LogP contribution is 2.53. The molecule has 1 aromatic heterocycles. The fraction of sp³-hybridized carbons (Fsp3) is 0.519. The molecule has 10 heteroatoms. The highest BCUT2D eigenvalue weighted by molar-refractivity contribution is 7.89. The van der Waals surface area contributed by atoms with Gasteiger partial charge in [-0.05, 0) is 66.3 Å². The summed E-state index contributed by atoms with van der Waals surface area (Å²) < 4.78 is 28.7. The van der Waals surface area contributed by atoms with E-state index in [4.69, 9.17) is 0 Å². The van der Waals surface area contributed by atoms with Crippen LogP contribution in [0, 0.1) is 22.2 Å². The number of nitrogens with zero attached hydrogens (tertiary/aromatic N) is 3. The lowest BCUT2D eigenvalue weighted by Crippen LogP contribution is -2.37. The molecule has 2 fully saturated rings. The Kier molecular flexibility index (Phi) is 6.25. The number of fused-ring (bicyclic) bond motifs is 3. The topological polar surface area (TPSA) is 111 Å². The van der Waals surface area contributed by atoms with Crippen molar-refractivity contribution in [3.63, 3.8) is 0 Å². The first kappa shape index (κ1) is 25.9. The van der Waals surface area contributed by atoms with E-state index in [1.165, 1.54) is 42.5 Å². The van der Waals surface area contributed by atoms with E-state index in [9.17, 15) is 23.3 Å². The molecule has 1 saturated carbocycles. The van der Waals surface area contributed by atoms with Gasteiger partial charge in [0.25, 0.3) is 5.91 Å². The summed E-state index contributed by atoms with van der Waals surface area (Å²) in [4.78, 5) is 27.6. The Hall–Kier alpha value is -2.74. The largest absolute Gasteiger partial charge is 0.337 e. The van der Waals surface area contributed by atoms with Gasteiger partial charge in [-0.2, -0.15) is 9.57 Å². The van der Waals surface area contributed by atoms with Crippen LogP contribution in [0.15, 0.2) is 29.2 Å². The maximum Gasteiger partial charge on any atom is 0.256 e. The summed E-state index contributed by atoms with van der Waals surface area (Å²) in [6.07, 6.45) is 3.31. The van der Waals surface area contributed by atoms with E-state index in [0.717, 1.165) is 29.7 Å². The average molecular weight is 541 g/mol. The van der Waals surface area contributed by atoms with Crippen molar-refractivity contribution in [1.82, 2.24) is 9.21 Å². The fourth-order valence-electron chi connectivity index (χ4n) is 6.66. The number of carbonyl (C=O) groups excluding carboxylic acids is 2. The summed E-state index contributed by atoms with van der Waals surface area (Å²) >= 11 is 1.31. The number of benzene rings is 1. The SMILES string of the molecule is CC(=O)N1CCc2c(sc(NC(=O)c3ccc(S(=O)(=O)N4CC5(C)CC4CC(C)(C)C5)cc3)c2C#N)C1. The van der Waals surface area contributed by atoms with Crippen LogP contribution in [0.3, 0.4) is 0 Å². The van der Waals surface area contributed by atoms with E-state index in [1.54, 1.807) is 9.21 Å². The lowest BCUT2D eigenvalue weighted by Gasteiger charge is -2.39. The van der Waals surface area contributed by atoms with Crippen LogP contribution in [-0.4, -0.2) is 48.6 Å². The number of nitriles is 1. The molecule has 1 aliphatic carbocycles. The average Bonchev–Trinajstić information content (AvgIpc) is 3.30. The van der Waals surface area contributed by atoms with E-state index in [0.29, 0.717) is 42.2 Å². The highest BCUT2D eigenvalue weighted by Gasteiger charge is 2.53. The molecule has 2 aliphatic heterocycles. The first-order chi connectivity index (χ1) is 17.3. The molecule has 0 radical (unpaired) electrons. The maximum atomic E-state index is 13.5. The van der Waals surface area contributed by atoms with E-state index in [-0.39, 0.29) is 27.7 Å². The van der Waals surface area contributed by atoms with Gasteiger partial charge in [0, 0.05) is 36.5 Å². The van der Waals surface area contributed by atoms with Crippen LogP contribution < -0.4 is 5.32 Å². The third-order valence-electron chi connectivity index (χ3n) is 7.93. The number of hydrogen-bond acceptors (Lipinski definition) is 6. The van der Waals surface area contributed by atoms with Crippen LogP contribution in [0.4, 0.5) is 5.00 Å². The number of thiophene rings is 1. The zero-order valence-electron chi connectivity index (χ0n) is 21.6. The number of carbonyl (C=O) groups is 2. The number of sulfonamides is 1. The Labute approximate surface area is 222 Å². The Morgan fingerprint density at radius 2 is 1.86 bits per heavy atom. The smallest absolute Gasteiger partial charge is 0.256 e. The van der Waals surface area contributed by atoms with Gasteiger partial charge in [0.15, 0.2) is 0 Å². The minimum atomic E-state index is -3.68. The van der Waals surface area contributed by atoms with Gasteiger partial charge < -0.3 is 10.2 Å². The molecule has 2 atom stereocenters. The lowest BCUT2D eigenvalue weighted by molar-refractivity contribution is -0.129. The van der Waals surface area contributed by atoms with E-state index in [2.05, 4.69) is 32.2 Å². The summed E-state index contributed by atoms with van der Waals surface area (Å²) in [5.41, 5.74) is 1.73. The van der Waals surface area contributed by atoms with Crippen molar-refractivity contribution in [2.24, 2.45) is 10.8 Å². The van der Waals surface area contributed by atoms with E-state index < -0.39 is 15.9 Å². The molecule has 2 amide bonds. The molecule has 3 aliphatic rings. The maximum absolute atomic E-state index is 13.5. The van der Waals surface area contributed by atoms with Crippen molar-refractivity contribution in [3.05, 3.63) is 45.8 Å². The second-order valence-corrected chi connectivity index (χ2v) is 14.7. The van der Waals surface area contributed by atoms with Crippen molar-refractivity contribution in [2.45, 2.75) is 70.9 Å². The predicted octanol–water partition coefficient (Wildman–Crippen LogP) is 4.37. The molecule has 1 aromatic carbocycles. The molecular formula is C27H32N4O4S2. The lowest BCUT2D eigenvalue weighted by atomic mass is 9.65. The first-order valence-corrected chi connectivity index (χ1v) is 14.8. The van der Waals surface area contributed by atoms with Crippen LogP contribution >= 0.6 is 11.3 Å². The number of anilines is 1. The van der Waals surface area contributed by atoms with E-state index in [1.807, 2.05) is 0 Å². The van der Waals surface area contributed by atoms with Gasteiger partial charge in [0.05, 0.1) is 17.0 Å². The van der Waals surface area contributed by atoms with Crippen molar-refractivity contribution in [1.29, 1.82) is 5.26 Å². The van der Waals surface area contributed by atoms with Crippen LogP contribution in [-0.2, 0) is 27.8 Å². The standard InChI is InChI=1S/C27H32N4O4S2/c1-17(32)30-10-9-21-22(13-28)25(36-23(21)14-30)29-24(33)18-5-7-20(8-6-18)37(34,35)31-16-27(4)12-19(31)11-26(2,3)15-27/h5-8,19H,9-12,14-16H2,1-4H3,(H,29,33). The monoisotopic (exact) mass is 540 g/mol. The molecule has 5 rings (SSSR count). The number of amides is 2. The summed E-state index contributed by atoms with van der Waals surface area (Å²) in [7, 11) is -3.68. The third-order valence-corrected chi connectivity index (χ3v) is 11.0. The number of nitrogens with one attached hydrogen (secondary N) is 1. The summed E-state index contributed by atoms with van der Waals surface area (Å²) in [5, 5.41) is 13.0. The number of rotatable bonds is 4. The van der Waals surface area contributed by atoms with Gasteiger partial charge in [-0.25, -0.2) is 8.42 Å². The summed E-state index contributed by atoms with van der Waals surface area (Å²) in [6.45, 7) is 9.62. The predicted molar refractivity (Wildman–Crippen MR) is 142 cm³/mol. The molecular weight excluding hydrogens is 508 g/mol. The summed E-state index contributed by atoms with van der Waals surface area (Å²) in [6, 6.07) is 8.23. The van der Waals surface area contributed by atoms with Gasteiger partial charge >= 0.3 is 0 Å². The van der Waals surface area contributed by atoms with Gasteiger partial charge in [0.1, 0.15) is 11.1 Å². The van der Waals surface area contributed by atoms with Crippen molar-refractivity contribution >= 4 is 38.2 Å². The van der Waals surface area contributed by atoms with Crippen molar-refractivity contribution in [2.75, 3.05) is 18.4 Å². The normalized spacial score (nSPS) is 24.8. The van der Waals surface area contributed by atoms with E-state index >= 15 is 0 Å². The van der Waals surface area contributed by atoms with Gasteiger partial charge in [-0.15, -0.1) is 11.3 Å². The van der Waals surface area contributed by atoms with Crippen LogP contribution in [0.25, 0.3) is 0 Å². The van der Waals surface area contributed by atoms with Crippen LogP contribution in [0.2, 0.25) is 0 Å². The molecule has 2 aromatic rings. The molecule has 8 nitrogen and oxygen atoms in total. The zero-order valence-corrected chi connectivity index (χ0v) is 23.3. The molecule has 0 spiro atoms. The molecule has 1 N–H and O–H groups in total. The Balaban J connectivity index is 1.33. The van der Waals surface area contributed by atoms with Gasteiger partial charge in [0.2, 0.25) is 15.9 Å². The Bertz CT molecular complexity index is 1420. The van der Waals surface area contributed by atoms with Crippen molar-refractivity contribution < 1.29 is 18.0 Å². The summed E-state index contributed by atoms with van der Waals surface area (Å²) in [5.74, 6) is -0.429. The second-order valence-electron chi connectivity index (χ2n) is 11.8. The molecule has 1 saturated heterocycles. The quantitative estimate of drug-likeness (QED) is 0.619. The molecule has 2 unspecified atom stereocenters. The molecule has 37 heavy (non-hydrogen) atoms. The number of hydrogen-bond donors (Lipinski definition) is 1. The van der Waals surface area contributed by atoms with Gasteiger partial charge in [-0.3, -0.25) is 9.59 Å². The molecule has 2 bridgehead atoms. The molecule has 196 valence electrons.